The van der Waals surface area contributed by atoms with Crippen molar-refractivity contribution in [1.29, 1.82) is 0 Å². The molecule has 1 atom stereocenters. The maximum atomic E-state index is 12.3. The van der Waals surface area contributed by atoms with Crippen LogP contribution >= 0.6 is 7.60 Å². The Kier molecular flexibility index (Phi) is 4.77. The normalized spacial score (nSPS) is 21.3. The molecule has 0 saturated heterocycles. The number of hydrogen-bond acceptors (Lipinski definition) is 5. The summed E-state index contributed by atoms with van der Waals surface area (Å²) >= 11 is 0. The highest BCUT2D eigenvalue weighted by Crippen LogP contribution is 2.55. The third kappa shape index (κ3) is 2.75. The lowest BCUT2D eigenvalue weighted by Crippen LogP contribution is -2.14. The first kappa shape index (κ1) is 13.5. The topological polar surface area (TPSA) is 70.8 Å². The Labute approximate surface area is 95.3 Å². The van der Waals surface area contributed by atoms with E-state index >= 15 is 0 Å². The molecule has 16 heavy (non-hydrogen) atoms. The summed E-state index contributed by atoms with van der Waals surface area (Å²) in [6, 6.07) is 0. The first-order valence-electron chi connectivity index (χ1n) is 5.44. The molecule has 1 aliphatic rings. The molecule has 0 aromatic heterocycles. The van der Waals surface area contributed by atoms with Crippen LogP contribution in [-0.4, -0.2) is 29.7 Å². The van der Waals surface area contributed by atoms with Gasteiger partial charge >= 0.3 is 7.60 Å². The molecule has 0 bridgehead atoms. The van der Waals surface area contributed by atoms with Gasteiger partial charge in [0, 0.05) is 11.3 Å². The number of nitrogens with zero attached hydrogens (tertiary/aromatic N) is 1. The zero-order valence-corrected chi connectivity index (χ0v) is 10.7. The van der Waals surface area contributed by atoms with Crippen LogP contribution in [0.3, 0.4) is 0 Å². The minimum Gasteiger partial charge on any atom is -0.387 e. The van der Waals surface area contributed by atoms with Gasteiger partial charge in [-0.15, -0.1) is 0 Å². The molecule has 0 radical (unpaired) electrons. The quantitative estimate of drug-likeness (QED) is 0.535. The van der Waals surface area contributed by atoms with Crippen LogP contribution in [0.5, 0.6) is 0 Å². The number of hydrogen-bond donors (Lipinski definition) is 0. The fourth-order valence-electron chi connectivity index (χ4n) is 1.50. The third-order valence-electron chi connectivity index (χ3n) is 2.26. The van der Waals surface area contributed by atoms with Crippen LogP contribution in [0, 0.1) is 5.21 Å². The van der Waals surface area contributed by atoms with E-state index in [1.165, 1.54) is 0 Å². The van der Waals surface area contributed by atoms with Crippen LogP contribution in [0.25, 0.3) is 0 Å². The molecule has 0 N–H and O–H groups in total. The Balaban J connectivity index is 2.74. The lowest BCUT2D eigenvalue weighted by molar-refractivity contribution is -0.736. The van der Waals surface area contributed by atoms with Crippen molar-refractivity contribution in [1.82, 2.24) is 0 Å². The predicted octanol–water partition coefficient (Wildman–Crippen LogP) is 2.28. The second-order valence-corrected chi connectivity index (χ2v) is 5.49. The summed E-state index contributed by atoms with van der Waals surface area (Å²) in [5.41, 5.74) is 0.560. The molecule has 0 spiro atoms. The molecular weight excluding hydrogens is 233 g/mol. The lowest BCUT2D eigenvalue weighted by atomic mass is 10.2. The molecule has 0 aliphatic carbocycles. The second kappa shape index (κ2) is 5.66. The monoisotopic (exact) mass is 251 g/mol. The molecule has 1 rings (SSSR count). The minimum absolute atomic E-state index is 0.261. The summed E-state index contributed by atoms with van der Waals surface area (Å²) in [6.07, 6.45) is 0.871. The summed E-state index contributed by atoms with van der Waals surface area (Å²) < 4.78 is 22.5. The van der Waals surface area contributed by atoms with E-state index in [0.717, 1.165) is 0 Å². The molecule has 0 fully saturated rings. The summed E-state index contributed by atoms with van der Waals surface area (Å²) in [7, 11) is -3.34. The summed E-state index contributed by atoms with van der Waals surface area (Å²) in [5.74, 6) is -0.806. The Morgan fingerprint density at radius 1 is 1.44 bits per heavy atom. The molecule has 1 aliphatic heterocycles. The third-order valence-corrected chi connectivity index (χ3v) is 4.48. The van der Waals surface area contributed by atoms with Gasteiger partial charge in [0.1, 0.15) is 0 Å². The molecule has 1 heterocycles. The van der Waals surface area contributed by atoms with Gasteiger partial charge in [-0.1, -0.05) is 6.92 Å². The summed E-state index contributed by atoms with van der Waals surface area (Å²) in [4.78, 5) is 5.39. The van der Waals surface area contributed by atoms with Gasteiger partial charge in [0.15, 0.2) is 5.85 Å². The molecule has 0 unspecified atom stereocenters. The van der Waals surface area contributed by atoms with Gasteiger partial charge in [-0.05, 0) is 13.8 Å². The van der Waals surface area contributed by atoms with Crippen LogP contribution in [0.4, 0.5) is 0 Å². The zero-order valence-electron chi connectivity index (χ0n) is 9.84. The van der Waals surface area contributed by atoms with Gasteiger partial charge < -0.3 is 13.9 Å². The van der Waals surface area contributed by atoms with Gasteiger partial charge in [-0.25, -0.2) is 0 Å². The van der Waals surface area contributed by atoms with E-state index in [4.69, 9.17) is 13.9 Å². The Hall–Kier alpha value is -0.580. The summed E-state index contributed by atoms with van der Waals surface area (Å²) in [5, 5.41) is 11.3. The van der Waals surface area contributed by atoms with Crippen molar-refractivity contribution in [3.8, 4) is 0 Å². The van der Waals surface area contributed by atoms with E-state index in [2.05, 4.69) is 0 Å². The van der Waals surface area contributed by atoms with E-state index in [1.807, 2.05) is 6.92 Å². The van der Waals surface area contributed by atoms with Crippen molar-refractivity contribution in [2.45, 2.75) is 39.5 Å². The van der Waals surface area contributed by atoms with Crippen LogP contribution in [0.15, 0.2) is 0 Å². The zero-order chi connectivity index (χ0) is 12.2. The second-order valence-electron chi connectivity index (χ2n) is 3.32. The molecule has 94 valence electrons. The fourth-order valence-corrected chi connectivity index (χ4v) is 3.27. The van der Waals surface area contributed by atoms with Gasteiger partial charge in [0.25, 0.3) is 0 Å². The standard InChI is InChI=1S/C9H18NO5P/c1-4-8-7-9(15-10(8)11)16(12,13-5-2)14-6-3/h9H,4-7H2,1-3H3/t9-/m1/s1. The van der Waals surface area contributed by atoms with E-state index in [0.29, 0.717) is 23.5 Å². The average Bonchev–Trinajstić information content (AvgIpc) is 2.61. The molecule has 0 saturated carbocycles. The van der Waals surface area contributed by atoms with E-state index in [-0.39, 0.29) is 13.2 Å². The first-order chi connectivity index (χ1) is 7.57. The molecule has 0 amide bonds. The molecule has 7 heteroatoms. The van der Waals surface area contributed by atoms with Crippen molar-refractivity contribution in [2.24, 2.45) is 0 Å². The van der Waals surface area contributed by atoms with Gasteiger partial charge in [0.05, 0.1) is 19.6 Å². The Morgan fingerprint density at radius 2 is 2.00 bits per heavy atom. The van der Waals surface area contributed by atoms with Crippen LogP contribution in [0.1, 0.15) is 33.6 Å². The van der Waals surface area contributed by atoms with Crippen molar-refractivity contribution in [3.63, 3.8) is 0 Å². The van der Waals surface area contributed by atoms with Crippen LogP contribution in [0.2, 0.25) is 0 Å². The highest BCUT2D eigenvalue weighted by atomic mass is 31.2. The Morgan fingerprint density at radius 3 is 2.38 bits per heavy atom. The highest BCUT2D eigenvalue weighted by molar-refractivity contribution is 7.54. The SMILES string of the molecule is CCOP(=O)(OCC)[C@@H]1CC(CC)=[N+]([O-])O1. The van der Waals surface area contributed by atoms with Crippen molar-refractivity contribution in [2.75, 3.05) is 13.2 Å². The lowest BCUT2D eigenvalue weighted by Gasteiger charge is -2.22. The Bertz CT molecular complexity index is 307. The maximum absolute atomic E-state index is 12.3. The summed E-state index contributed by atoms with van der Waals surface area (Å²) in [6.45, 7) is 5.81. The van der Waals surface area contributed by atoms with E-state index in [1.54, 1.807) is 13.8 Å². The predicted molar refractivity (Wildman–Crippen MR) is 59.3 cm³/mol. The van der Waals surface area contributed by atoms with E-state index in [9.17, 15) is 9.77 Å². The molecule has 0 aromatic rings. The van der Waals surface area contributed by atoms with Crippen LogP contribution in [-0.2, 0) is 18.5 Å². The molecule has 0 aromatic carbocycles. The average molecular weight is 251 g/mol. The van der Waals surface area contributed by atoms with Gasteiger partial charge in [-0.2, -0.15) is 0 Å². The van der Waals surface area contributed by atoms with Crippen molar-refractivity contribution < 1.29 is 23.4 Å². The fraction of sp³-hybridized carbons (Fsp3) is 0.889. The molecular formula is C9H18NO5P. The largest absolute Gasteiger partial charge is 0.387 e. The molecule has 6 nitrogen and oxygen atoms in total. The van der Waals surface area contributed by atoms with Gasteiger partial charge in [0.2, 0.25) is 5.71 Å². The maximum Gasteiger partial charge on any atom is 0.350 e. The van der Waals surface area contributed by atoms with Crippen molar-refractivity contribution >= 4 is 13.3 Å². The minimum atomic E-state index is -3.34. The van der Waals surface area contributed by atoms with Crippen molar-refractivity contribution in [3.05, 3.63) is 5.21 Å². The highest BCUT2D eigenvalue weighted by Gasteiger charge is 2.42. The van der Waals surface area contributed by atoms with Gasteiger partial charge in [-0.3, -0.25) is 9.77 Å². The number of rotatable bonds is 6. The first-order valence-corrected chi connectivity index (χ1v) is 7.06. The smallest absolute Gasteiger partial charge is 0.350 e. The van der Waals surface area contributed by atoms with Crippen LogP contribution < -0.4 is 0 Å². The van der Waals surface area contributed by atoms with E-state index < -0.39 is 13.4 Å².